The molecule has 2 saturated heterocycles. The second-order valence-electron chi connectivity index (χ2n) is 9.00. The van der Waals surface area contributed by atoms with Gasteiger partial charge in [-0.05, 0) is 37.2 Å². The fourth-order valence-corrected chi connectivity index (χ4v) is 4.75. The molecule has 6 nitrogen and oxygen atoms in total. The molecule has 2 aliphatic heterocycles. The number of ketones is 1. The highest BCUT2D eigenvalue weighted by molar-refractivity contribution is 6.30. The van der Waals surface area contributed by atoms with Gasteiger partial charge in [0.15, 0.2) is 5.78 Å². The van der Waals surface area contributed by atoms with Crippen molar-refractivity contribution in [3.8, 4) is 0 Å². The highest BCUT2D eigenvalue weighted by Crippen LogP contribution is 2.13. The van der Waals surface area contributed by atoms with E-state index in [4.69, 9.17) is 11.6 Å². The number of piperazine rings is 2. The van der Waals surface area contributed by atoms with Crippen LogP contribution in [0.4, 0.5) is 0 Å². The molecule has 0 amide bonds. The van der Waals surface area contributed by atoms with E-state index in [0.717, 1.165) is 76.0 Å². The van der Waals surface area contributed by atoms with Gasteiger partial charge < -0.3 is 15.3 Å². The summed E-state index contributed by atoms with van der Waals surface area (Å²) < 4.78 is 0. The maximum Gasteiger partial charge on any atom is 0.176 e. The smallest absolute Gasteiger partial charge is 0.176 e. The van der Waals surface area contributed by atoms with Gasteiger partial charge in [0.1, 0.15) is 0 Å². The molecule has 0 saturated carbocycles. The van der Waals surface area contributed by atoms with Crippen molar-refractivity contribution in [3.05, 3.63) is 70.7 Å². The largest absolute Gasteiger partial charge is 0.412 e. The first-order chi connectivity index (χ1) is 15.7. The van der Waals surface area contributed by atoms with Crippen LogP contribution in [-0.4, -0.2) is 103 Å². The molecule has 2 heterocycles. The predicted octanol–water partition coefficient (Wildman–Crippen LogP) is 4.21. The normalized spacial score (nSPS) is 16.7. The lowest BCUT2D eigenvalue weighted by atomic mass is 10.1. The van der Waals surface area contributed by atoms with Crippen LogP contribution in [0, 0.1) is 0 Å². The Morgan fingerprint density at radius 1 is 0.649 bits per heavy atom. The SMILES string of the molecule is Cl.Cl.Cl.Cl.O.O=C(CN1CCN(CCCN2CCN(Cc3ccc(Cl)cc3)CC2)CC1)c1ccccc1. The van der Waals surface area contributed by atoms with Crippen molar-refractivity contribution in [3.63, 3.8) is 0 Å². The van der Waals surface area contributed by atoms with E-state index < -0.39 is 0 Å². The fraction of sp³-hybridized carbons (Fsp3) is 0.500. The van der Waals surface area contributed by atoms with Gasteiger partial charge in [0, 0.05) is 69.5 Å². The molecular formula is C26H41Cl5N4O2. The Bertz CT molecular complexity index is 848. The molecule has 0 aromatic heterocycles. The van der Waals surface area contributed by atoms with Gasteiger partial charge in [-0.1, -0.05) is 54.1 Å². The molecule has 0 spiro atoms. The number of hydrogen-bond donors (Lipinski definition) is 0. The first kappa shape index (κ1) is 38.5. The number of rotatable bonds is 9. The van der Waals surface area contributed by atoms with Crippen LogP contribution in [0.15, 0.2) is 54.6 Å². The van der Waals surface area contributed by atoms with E-state index in [2.05, 4.69) is 31.7 Å². The number of carbonyl (C=O) groups is 1. The number of hydrogen-bond acceptors (Lipinski definition) is 5. The second-order valence-corrected chi connectivity index (χ2v) is 9.44. The minimum Gasteiger partial charge on any atom is -0.412 e. The maximum absolute atomic E-state index is 12.4. The highest BCUT2D eigenvalue weighted by Gasteiger charge is 2.20. The molecule has 0 bridgehead atoms. The molecule has 212 valence electrons. The molecule has 2 fully saturated rings. The van der Waals surface area contributed by atoms with Crippen LogP contribution in [-0.2, 0) is 6.54 Å². The van der Waals surface area contributed by atoms with Crippen LogP contribution < -0.4 is 0 Å². The van der Waals surface area contributed by atoms with E-state index in [0.29, 0.717) is 6.54 Å². The summed E-state index contributed by atoms with van der Waals surface area (Å²) in [6.07, 6.45) is 1.22. The van der Waals surface area contributed by atoms with Crippen LogP contribution in [0.2, 0.25) is 5.02 Å². The Labute approximate surface area is 251 Å². The summed E-state index contributed by atoms with van der Waals surface area (Å²) in [7, 11) is 0. The first-order valence-corrected chi connectivity index (χ1v) is 12.3. The van der Waals surface area contributed by atoms with Gasteiger partial charge in [-0.25, -0.2) is 0 Å². The number of halogens is 5. The number of carbonyl (C=O) groups excluding carboxylic acids is 1. The van der Waals surface area contributed by atoms with E-state index >= 15 is 0 Å². The van der Waals surface area contributed by atoms with Crippen LogP contribution in [0.1, 0.15) is 22.3 Å². The molecule has 2 aromatic rings. The van der Waals surface area contributed by atoms with Gasteiger partial charge in [-0.2, -0.15) is 0 Å². The van der Waals surface area contributed by atoms with Gasteiger partial charge in [0.05, 0.1) is 6.54 Å². The van der Waals surface area contributed by atoms with Crippen molar-refractivity contribution in [1.29, 1.82) is 0 Å². The lowest BCUT2D eigenvalue weighted by molar-refractivity contribution is 0.0835. The summed E-state index contributed by atoms with van der Waals surface area (Å²) in [5, 5.41) is 0.806. The summed E-state index contributed by atoms with van der Waals surface area (Å²) in [4.78, 5) is 22.4. The van der Waals surface area contributed by atoms with E-state index in [1.807, 2.05) is 42.5 Å². The van der Waals surface area contributed by atoms with Crippen molar-refractivity contribution in [2.45, 2.75) is 13.0 Å². The standard InChI is InChI=1S/C26H35ClN4O.4ClH.H2O/c27-25-9-7-23(8-10-25)21-30-17-13-28(14-18-30)11-4-12-29-15-19-31(20-16-29)22-26(32)24-5-2-1-3-6-24;;;;;/h1-3,5-10H,4,11-22H2;4*1H;1H2. The highest BCUT2D eigenvalue weighted by atomic mass is 35.5. The third kappa shape index (κ3) is 12.8. The average Bonchev–Trinajstić information content (AvgIpc) is 2.83. The van der Waals surface area contributed by atoms with Gasteiger partial charge >= 0.3 is 0 Å². The zero-order chi connectivity index (χ0) is 22.2. The second kappa shape index (κ2) is 20.3. The van der Waals surface area contributed by atoms with Crippen molar-refractivity contribution in [1.82, 2.24) is 19.6 Å². The zero-order valence-corrected chi connectivity index (χ0v) is 25.1. The van der Waals surface area contributed by atoms with Gasteiger partial charge in [-0.15, -0.1) is 49.6 Å². The minimum atomic E-state index is 0. The average molecular weight is 619 g/mol. The molecular weight excluding hydrogens is 578 g/mol. The topological polar surface area (TPSA) is 61.5 Å². The van der Waals surface area contributed by atoms with E-state index in [1.165, 1.54) is 18.5 Å². The fourth-order valence-electron chi connectivity index (χ4n) is 4.63. The van der Waals surface area contributed by atoms with E-state index in [-0.39, 0.29) is 60.9 Å². The van der Waals surface area contributed by atoms with Gasteiger partial charge in [0.2, 0.25) is 0 Å². The molecule has 0 radical (unpaired) electrons. The molecule has 4 rings (SSSR count). The summed E-state index contributed by atoms with van der Waals surface area (Å²) in [6, 6.07) is 17.9. The van der Waals surface area contributed by atoms with Crippen molar-refractivity contribution in [2.75, 3.05) is 72.0 Å². The molecule has 0 unspecified atom stereocenters. The summed E-state index contributed by atoms with van der Waals surface area (Å²) in [5.74, 6) is 0.231. The molecule has 2 aromatic carbocycles. The number of benzene rings is 2. The molecule has 37 heavy (non-hydrogen) atoms. The summed E-state index contributed by atoms with van der Waals surface area (Å²) >= 11 is 5.99. The number of nitrogens with zero attached hydrogens (tertiary/aromatic N) is 4. The van der Waals surface area contributed by atoms with Crippen molar-refractivity contribution >= 4 is 67.0 Å². The lowest BCUT2D eigenvalue weighted by Gasteiger charge is -2.36. The molecule has 11 heteroatoms. The van der Waals surface area contributed by atoms with E-state index in [9.17, 15) is 4.79 Å². The summed E-state index contributed by atoms with van der Waals surface area (Å²) in [5.41, 5.74) is 2.16. The van der Waals surface area contributed by atoms with Gasteiger partial charge in [0.25, 0.3) is 0 Å². The molecule has 0 aliphatic carbocycles. The third-order valence-electron chi connectivity index (χ3n) is 6.66. The molecule has 0 atom stereocenters. The Hall–Kier alpha value is -0.640. The van der Waals surface area contributed by atoms with E-state index in [1.54, 1.807) is 0 Å². The van der Waals surface area contributed by atoms with Crippen LogP contribution in [0.5, 0.6) is 0 Å². The Morgan fingerprint density at radius 2 is 1.11 bits per heavy atom. The zero-order valence-electron chi connectivity index (χ0n) is 21.1. The predicted molar refractivity (Wildman–Crippen MR) is 164 cm³/mol. The van der Waals surface area contributed by atoms with Crippen molar-refractivity contribution in [2.24, 2.45) is 0 Å². The quantitative estimate of drug-likeness (QED) is 0.394. The Morgan fingerprint density at radius 3 is 1.62 bits per heavy atom. The molecule has 2 N–H and O–H groups in total. The minimum absolute atomic E-state index is 0. The Balaban J connectivity index is 0. The lowest BCUT2D eigenvalue weighted by Crippen LogP contribution is -2.49. The monoisotopic (exact) mass is 616 g/mol. The van der Waals surface area contributed by atoms with Gasteiger partial charge in [-0.3, -0.25) is 14.6 Å². The van der Waals surface area contributed by atoms with Crippen LogP contribution >= 0.6 is 61.2 Å². The van der Waals surface area contributed by atoms with Crippen molar-refractivity contribution < 1.29 is 10.3 Å². The van der Waals surface area contributed by atoms with Crippen LogP contribution in [0.3, 0.4) is 0 Å². The third-order valence-corrected chi connectivity index (χ3v) is 6.91. The Kier molecular flexibility index (Phi) is 21.1. The maximum atomic E-state index is 12.4. The van der Waals surface area contributed by atoms with Crippen LogP contribution in [0.25, 0.3) is 0 Å². The molecule has 2 aliphatic rings. The summed E-state index contributed by atoms with van der Waals surface area (Å²) in [6.45, 7) is 12.6. The first-order valence-electron chi connectivity index (χ1n) is 11.9. The number of Topliss-reactive ketones (excluding diaryl/α,β-unsaturated/α-hetero) is 1.